The number of likely N-dealkylation sites (tertiary alicyclic amines) is 1. The minimum atomic E-state index is -0.733. The lowest BCUT2D eigenvalue weighted by atomic mass is 9.93. The fraction of sp³-hybridized carbons (Fsp3) is 0.750. The molecule has 1 aromatic rings. The average Bonchev–Trinajstić information content (AvgIpc) is 2.89. The molecule has 2 unspecified atom stereocenters. The SMILES string of the molecule is CCN1CCCC(Cc2cn3c(n2)C(C(=O)O)CCC3)C1. The Morgan fingerprint density at radius 2 is 2.19 bits per heavy atom. The third-order valence-corrected chi connectivity index (χ3v) is 4.91. The molecule has 5 heteroatoms. The van der Waals surface area contributed by atoms with Crippen LogP contribution in [0.15, 0.2) is 6.20 Å². The number of nitrogens with zero attached hydrogens (tertiary/aromatic N) is 3. The summed E-state index contributed by atoms with van der Waals surface area (Å²) in [5.41, 5.74) is 1.08. The molecule has 1 aromatic heterocycles. The number of carboxylic acids is 1. The predicted octanol–water partition coefficient (Wildman–Crippen LogP) is 2.12. The van der Waals surface area contributed by atoms with Gasteiger partial charge < -0.3 is 14.6 Å². The van der Waals surface area contributed by atoms with E-state index in [9.17, 15) is 9.90 Å². The van der Waals surface area contributed by atoms with Crippen LogP contribution in [0.25, 0.3) is 0 Å². The van der Waals surface area contributed by atoms with E-state index in [1.807, 2.05) is 0 Å². The van der Waals surface area contributed by atoms with Gasteiger partial charge in [0.05, 0.1) is 5.69 Å². The summed E-state index contributed by atoms with van der Waals surface area (Å²) >= 11 is 0. The van der Waals surface area contributed by atoms with Crippen LogP contribution in [-0.4, -0.2) is 45.2 Å². The minimum absolute atomic E-state index is 0.411. The number of hydrogen-bond acceptors (Lipinski definition) is 3. The molecule has 0 radical (unpaired) electrons. The molecule has 0 aromatic carbocycles. The Bertz CT molecular complexity index is 512. The molecule has 0 bridgehead atoms. The van der Waals surface area contributed by atoms with Crippen molar-refractivity contribution in [1.82, 2.24) is 14.5 Å². The van der Waals surface area contributed by atoms with Gasteiger partial charge in [-0.3, -0.25) is 4.79 Å². The van der Waals surface area contributed by atoms with Crippen LogP contribution in [0.3, 0.4) is 0 Å². The molecule has 2 aliphatic heterocycles. The molecule has 5 nitrogen and oxygen atoms in total. The summed E-state index contributed by atoms with van der Waals surface area (Å²) < 4.78 is 2.07. The van der Waals surface area contributed by atoms with E-state index in [4.69, 9.17) is 0 Å². The van der Waals surface area contributed by atoms with Crippen LogP contribution in [0, 0.1) is 5.92 Å². The molecule has 1 N–H and O–H groups in total. The predicted molar refractivity (Wildman–Crippen MR) is 80.4 cm³/mol. The van der Waals surface area contributed by atoms with Crippen LogP contribution in [0.4, 0.5) is 0 Å². The second-order valence-corrected chi connectivity index (χ2v) is 6.42. The number of aliphatic carboxylic acids is 1. The van der Waals surface area contributed by atoms with Crippen LogP contribution in [0.1, 0.15) is 50.0 Å². The molecule has 3 rings (SSSR count). The Balaban J connectivity index is 1.71. The van der Waals surface area contributed by atoms with Gasteiger partial charge in [-0.2, -0.15) is 0 Å². The lowest BCUT2D eigenvalue weighted by Crippen LogP contribution is -2.35. The Morgan fingerprint density at radius 1 is 1.38 bits per heavy atom. The quantitative estimate of drug-likeness (QED) is 0.923. The third kappa shape index (κ3) is 3.12. The summed E-state index contributed by atoms with van der Waals surface area (Å²) in [6.07, 6.45) is 7.27. The highest BCUT2D eigenvalue weighted by atomic mass is 16.4. The van der Waals surface area contributed by atoms with Gasteiger partial charge in [0.1, 0.15) is 11.7 Å². The number of aromatic nitrogens is 2. The number of carboxylic acid groups (broad SMARTS) is 1. The molecule has 1 saturated heterocycles. The second kappa shape index (κ2) is 6.18. The fourth-order valence-corrected chi connectivity index (χ4v) is 3.77. The highest BCUT2D eigenvalue weighted by molar-refractivity contribution is 5.75. The molecule has 2 aliphatic rings. The van der Waals surface area contributed by atoms with E-state index in [1.54, 1.807) is 0 Å². The van der Waals surface area contributed by atoms with E-state index in [-0.39, 0.29) is 0 Å². The molecule has 3 heterocycles. The van der Waals surface area contributed by atoms with E-state index < -0.39 is 11.9 Å². The molecule has 1 fully saturated rings. The number of aryl methyl sites for hydroxylation is 1. The van der Waals surface area contributed by atoms with Gasteiger partial charge in [-0.15, -0.1) is 0 Å². The van der Waals surface area contributed by atoms with Gasteiger partial charge in [0, 0.05) is 19.3 Å². The average molecular weight is 291 g/mol. The lowest BCUT2D eigenvalue weighted by molar-refractivity contribution is -0.139. The zero-order chi connectivity index (χ0) is 14.8. The van der Waals surface area contributed by atoms with Crippen molar-refractivity contribution in [2.45, 2.75) is 51.5 Å². The summed E-state index contributed by atoms with van der Waals surface area (Å²) in [6, 6.07) is 0. The molecule has 21 heavy (non-hydrogen) atoms. The summed E-state index contributed by atoms with van der Waals surface area (Å²) in [5.74, 6) is 0.291. The third-order valence-electron chi connectivity index (χ3n) is 4.91. The van der Waals surface area contributed by atoms with Gasteiger partial charge in [-0.1, -0.05) is 6.92 Å². The van der Waals surface area contributed by atoms with E-state index >= 15 is 0 Å². The topological polar surface area (TPSA) is 58.4 Å². The zero-order valence-electron chi connectivity index (χ0n) is 12.8. The van der Waals surface area contributed by atoms with E-state index in [0.717, 1.165) is 50.4 Å². The minimum Gasteiger partial charge on any atom is -0.481 e. The normalized spacial score (nSPS) is 26.5. The van der Waals surface area contributed by atoms with Gasteiger partial charge >= 0.3 is 5.97 Å². The lowest BCUT2D eigenvalue weighted by Gasteiger charge is -2.31. The maximum absolute atomic E-state index is 11.3. The summed E-state index contributed by atoms with van der Waals surface area (Å²) in [4.78, 5) is 18.5. The number of imidazole rings is 1. The smallest absolute Gasteiger partial charge is 0.314 e. The highest BCUT2D eigenvalue weighted by Crippen LogP contribution is 2.28. The van der Waals surface area contributed by atoms with Gasteiger partial charge in [0.2, 0.25) is 0 Å². The molecule has 0 saturated carbocycles. The van der Waals surface area contributed by atoms with Crippen molar-refractivity contribution in [1.29, 1.82) is 0 Å². The zero-order valence-corrected chi connectivity index (χ0v) is 12.8. The maximum Gasteiger partial charge on any atom is 0.314 e. The molecule has 0 amide bonds. The molecule has 0 aliphatic carbocycles. The van der Waals surface area contributed by atoms with Crippen molar-refractivity contribution in [3.63, 3.8) is 0 Å². The summed E-state index contributed by atoms with van der Waals surface area (Å²) in [7, 11) is 0. The standard InChI is InChI=1S/C16H25N3O2/c1-2-18-7-3-5-12(10-18)9-13-11-19-8-4-6-14(16(20)21)15(19)17-13/h11-12,14H,2-10H2,1H3,(H,20,21). The number of rotatable bonds is 4. The van der Waals surface area contributed by atoms with E-state index in [2.05, 4.69) is 27.6 Å². The first kappa shape index (κ1) is 14.6. The van der Waals surface area contributed by atoms with Crippen LogP contribution in [0.5, 0.6) is 0 Å². The molecule has 116 valence electrons. The molecule has 0 spiro atoms. The second-order valence-electron chi connectivity index (χ2n) is 6.42. The van der Waals surface area contributed by atoms with Crippen molar-refractivity contribution in [3.05, 3.63) is 17.7 Å². The van der Waals surface area contributed by atoms with Gasteiger partial charge in [-0.05, 0) is 51.1 Å². The van der Waals surface area contributed by atoms with Crippen molar-refractivity contribution in [3.8, 4) is 0 Å². The number of piperidine rings is 1. The Labute approximate surface area is 126 Å². The Kier molecular flexibility index (Phi) is 4.29. The van der Waals surface area contributed by atoms with E-state index in [0.29, 0.717) is 5.92 Å². The molecule has 2 atom stereocenters. The maximum atomic E-state index is 11.3. The van der Waals surface area contributed by atoms with Crippen molar-refractivity contribution < 1.29 is 9.90 Å². The Morgan fingerprint density at radius 3 is 2.95 bits per heavy atom. The van der Waals surface area contributed by atoms with Gasteiger partial charge in [0.25, 0.3) is 0 Å². The van der Waals surface area contributed by atoms with Crippen molar-refractivity contribution in [2.24, 2.45) is 5.92 Å². The largest absolute Gasteiger partial charge is 0.481 e. The fourth-order valence-electron chi connectivity index (χ4n) is 3.77. The van der Waals surface area contributed by atoms with Crippen LogP contribution >= 0.6 is 0 Å². The number of carbonyl (C=O) groups is 1. The summed E-state index contributed by atoms with van der Waals surface area (Å²) in [6.45, 7) is 6.62. The number of fused-ring (bicyclic) bond motifs is 1. The van der Waals surface area contributed by atoms with Crippen molar-refractivity contribution in [2.75, 3.05) is 19.6 Å². The first-order chi connectivity index (χ1) is 10.2. The monoisotopic (exact) mass is 291 g/mol. The van der Waals surface area contributed by atoms with Crippen molar-refractivity contribution >= 4 is 5.97 Å². The molecular formula is C16H25N3O2. The highest BCUT2D eigenvalue weighted by Gasteiger charge is 2.29. The van der Waals surface area contributed by atoms with E-state index in [1.165, 1.54) is 19.4 Å². The van der Waals surface area contributed by atoms with Crippen LogP contribution in [0.2, 0.25) is 0 Å². The first-order valence-corrected chi connectivity index (χ1v) is 8.18. The van der Waals surface area contributed by atoms with Crippen LogP contribution in [-0.2, 0) is 17.8 Å². The van der Waals surface area contributed by atoms with Gasteiger partial charge in [-0.25, -0.2) is 4.98 Å². The Hall–Kier alpha value is -1.36. The summed E-state index contributed by atoms with van der Waals surface area (Å²) in [5, 5.41) is 9.32. The van der Waals surface area contributed by atoms with Gasteiger partial charge in [0.15, 0.2) is 0 Å². The number of hydrogen-bond donors (Lipinski definition) is 1. The first-order valence-electron chi connectivity index (χ1n) is 8.18. The molecular weight excluding hydrogens is 266 g/mol. The van der Waals surface area contributed by atoms with Crippen LogP contribution < -0.4 is 0 Å².